The number of nitrogens with zero attached hydrogens (tertiary/aromatic N) is 1. The van der Waals surface area contributed by atoms with Gasteiger partial charge in [-0.1, -0.05) is 103 Å². The third kappa shape index (κ3) is 6.21. The van der Waals surface area contributed by atoms with Gasteiger partial charge >= 0.3 is 5.97 Å². The van der Waals surface area contributed by atoms with Crippen molar-refractivity contribution in [1.82, 2.24) is 9.71 Å². The van der Waals surface area contributed by atoms with Gasteiger partial charge in [0.15, 0.2) is 0 Å². The molecule has 0 aliphatic rings. The number of esters is 1. The fraction of sp³-hybridized carbons (Fsp3) is 0.0833. The molecule has 0 radical (unpaired) electrons. The molecule has 218 valence electrons. The molecular formula is C36H28N2O5S. The third-order valence-electron chi connectivity index (χ3n) is 7.34. The van der Waals surface area contributed by atoms with Gasteiger partial charge in [-0.05, 0) is 52.9 Å². The van der Waals surface area contributed by atoms with E-state index in [1.807, 2.05) is 78.9 Å². The number of carbonyl (C=O) groups excluding carboxylic acids is 2. The fourth-order valence-electron chi connectivity index (χ4n) is 5.16. The normalized spacial score (nSPS) is 11.4. The fourth-order valence-corrected chi connectivity index (χ4v) is 6.14. The predicted octanol–water partition coefficient (Wildman–Crippen LogP) is 6.85. The number of ether oxygens (including phenoxy) is 1. The summed E-state index contributed by atoms with van der Waals surface area (Å²) in [4.78, 5) is 30.9. The molecule has 0 unspecified atom stereocenters. The number of carbonyl (C=O) groups is 2. The second kappa shape index (κ2) is 12.5. The van der Waals surface area contributed by atoms with E-state index in [0.29, 0.717) is 28.2 Å². The van der Waals surface area contributed by atoms with E-state index in [9.17, 15) is 18.0 Å². The molecule has 0 saturated heterocycles. The van der Waals surface area contributed by atoms with Gasteiger partial charge in [0, 0.05) is 17.2 Å². The van der Waals surface area contributed by atoms with Crippen molar-refractivity contribution in [2.24, 2.45) is 0 Å². The smallest absolute Gasteiger partial charge is 0.306 e. The lowest BCUT2D eigenvalue weighted by molar-refractivity contribution is -0.144. The van der Waals surface area contributed by atoms with Crippen LogP contribution < -0.4 is 4.72 Å². The molecule has 5 aromatic carbocycles. The Morgan fingerprint density at radius 2 is 1.34 bits per heavy atom. The quantitative estimate of drug-likeness (QED) is 0.144. The third-order valence-corrected chi connectivity index (χ3v) is 8.69. The van der Waals surface area contributed by atoms with Crippen LogP contribution in [-0.2, 0) is 32.6 Å². The van der Waals surface area contributed by atoms with Gasteiger partial charge in [0.25, 0.3) is 15.9 Å². The number of fused-ring (bicyclic) bond motifs is 2. The van der Waals surface area contributed by atoms with Gasteiger partial charge in [-0.2, -0.15) is 0 Å². The summed E-state index contributed by atoms with van der Waals surface area (Å²) in [6.45, 7) is 0.241. The van der Waals surface area contributed by atoms with E-state index < -0.39 is 15.9 Å². The van der Waals surface area contributed by atoms with Gasteiger partial charge in [-0.15, -0.1) is 0 Å². The Hall–Kier alpha value is -5.34. The first-order valence-electron chi connectivity index (χ1n) is 14.1. The maximum atomic E-state index is 13.8. The number of nitrogens with one attached hydrogen (secondary N) is 1. The summed E-state index contributed by atoms with van der Waals surface area (Å²) in [5.41, 5.74) is 4.82. The molecule has 1 N–H and O–H groups in total. The molecule has 1 heterocycles. The van der Waals surface area contributed by atoms with Gasteiger partial charge in [-0.3, -0.25) is 9.59 Å². The molecule has 1 amide bonds. The standard InChI is InChI=1S/C36H28N2O5S/c39-33(43-24-26-10-3-1-4-11-26)23-20-25-18-21-27(22-19-25)29-15-9-17-32-34(29)35(30-14-7-8-16-31(30)37-32)36(40)38-44(41,42)28-12-5-2-6-13-28/h1-19,21-22H,20,23-24H2,(H,38,40). The van der Waals surface area contributed by atoms with Gasteiger partial charge in [0.1, 0.15) is 6.61 Å². The van der Waals surface area contributed by atoms with Crippen molar-refractivity contribution in [2.45, 2.75) is 24.3 Å². The molecule has 1 aromatic heterocycles. The van der Waals surface area contributed by atoms with E-state index in [0.717, 1.165) is 22.3 Å². The molecular weight excluding hydrogens is 572 g/mol. The summed E-state index contributed by atoms with van der Waals surface area (Å²) < 4.78 is 33.9. The Balaban J connectivity index is 1.30. The number of para-hydroxylation sites is 1. The molecule has 0 spiro atoms. The van der Waals surface area contributed by atoms with Crippen molar-refractivity contribution in [2.75, 3.05) is 0 Å². The van der Waals surface area contributed by atoms with Crippen LogP contribution in [0.15, 0.2) is 132 Å². The minimum absolute atomic E-state index is 0.00391. The molecule has 0 fully saturated rings. The van der Waals surface area contributed by atoms with Crippen LogP contribution in [-0.4, -0.2) is 25.3 Å². The lowest BCUT2D eigenvalue weighted by atomic mass is 9.93. The van der Waals surface area contributed by atoms with Crippen molar-refractivity contribution in [3.63, 3.8) is 0 Å². The Morgan fingerprint density at radius 1 is 0.682 bits per heavy atom. The first-order valence-corrected chi connectivity index (χ1v) is 15.6. The zero-order valence-corrected chi connectivity index (χ0v) is 24.5. The zero-order chi connectivity index (χ0) is 30.5. The van der Waals surface area contributed by atoms with E-state index in [1.165, 1.54) is 12.1 Å². The highest BCUT2D eigenvalue weighted by Crippen LogP contribution is 2.35. The number of pyridine rings is 1. The molecule has 6 rings (SSSR count). The Bertz CT molecular complexity index is 2080. The second-order valence-corrected chi connectivity index (χ2v) is 12.0. The van der Waals surface area contributed by atoms with Crippen molar-refractivity contribution < 1.29 is 22.7 Å². The molecule has 0 atom stereocenters. The van der Waals surface area contributed by atoms with Crippen LogP contribution in [0.4, 0.5) is 0 Å². The maximum absolute atomic E-state index is 13.8. The van der Waals surface area contributed by atoms with E-state index in [4.69, 9.17) is 9.72 Å². The van der Waals surface area contributed by atoms with Crippen molar-refractivity contribution in [1.29, 1.82) is 0 Å². The number of hydrogen-bond acceptors (Lipinski definition) is 6. The molecule has 0 bridgehead atoms. The largest absolute Gasteiger partial charge is 0.461 e. The first-order chi connectivity index (χ1) is 21.4. The van der Waals surface area contributed by atoms with E-state index in [2.05, 4.69) is 4.72 Å². The molecule has 44 heavy (non-hydrogen) atoms. The summed E-state index contributed by atoms with van der Waals surface area (Å²) in [5.74, 6) is -1.01. The molecule has 6 aromatic rings. The average Bonchev–Trinajstić information content (AvgIpc) is 3.06. The van der Waals surface area contributed by atoms with Crippen LogP contribution in [0.25, 0.3) is 32.9 Å². The average molecular weight is 601 g/mol. The van der Waals surface area contributed by atoms with Crippen LogP contribution in [0.1, 0.15) is 27.9 Å². The molecule has 0 aliphatic carbocycles. The van der Waals surface area contributed by atoms with Crippen molar-refractivity contribution in [3.8, 4) is 11.1 Å². The van der Waals surface area contributed by atoms with E-state index >= 15 is 0 Å². The topological polar surface area (TPSA) is 102 Å². The first kappa shape index (κ1) is 28.8. The van der Waals surface area contributed by atoms with Crippen LogP contribution in [0.3, 0.4) is 0 Å². The summed E-state index contributed by atoms with van der Waals surface area (Å²) in [6, 6.07) is 37.8. The Morgan fingerprint density at radius 3 is 2.09 bits per heavy atom. The maximum Gasteiger partial charge on any atom is 0.306 e. The SMILES string of the molecule is O=C(CCc1ccc(-c2cccc3nc4ccccc4c(C(=O)NS(=O)(=O)c4ccccc4)c23)cc1)OCc1ccccc1. The molecule has 0 aliphatic heterocycles. The van der Waals surface area contributed by atoms with Gasteiger partial charge in [0.05, 0.1) is 21.5 Å². The Labute approximate surface area is 255 Å². The predicted molar refractivity (Wildman–Crippen MR) is 170 cm³/mol. The number of aromatic nitrogens is 1. The van der Waals surface area contributed by atoms with Gasteiger partial charge in [-0.25, -0.2) is 18.1 Å². The molecule has 8 heteroatoms. The van der Waals surface area contributed by atoms with Crippen LogP contribution in [0.5, 0.6) is 0 Å². The summed E-state index contributed by atoms with van der Waals surface area (Å²) in [7, 11) is -4.12. The number of rotatable bonds is 9. The van der Waals surface area contributed by atoms with Gasteiger partial charge < -0.3 is 4.74 Å². The Kier molecular flexibility index (Phi) is 8.16. The number of amides is 1. The van der Waals surface area contributed by atoms with Crippen LogP contribution in [0, 0.1) is 0 Å². The van der Waals surface area contributed by atoms with E-state index in [1.54, 1.807) is 36.4 Å². The van der Waals surface area contributed by atoms with Crippen LogP contribution >= 0.6 is 0 Å². The summed E-state index contributed by atoms with van der Waals surface area (Å²) >= 11 is 0. The minimum atomic E-state index is -4.12. The minimum Gasteiger partial charge on any atom is -0.461 e. The number of aryl methyl sites for hydroxylation is 1. The molecule has 0 saturated carbocycles. The highest BCUT2D eigenvalue weighted by atomic mass is 32.2. The number of benzene rings is 5. The van der Waals surface area contributed by atoms with Crippen LogP contribution in [0.2, 0.25) is 0 Å². The second-order valence-electron chi connectivity index (χ2n) is 10.3. The lowest BCUT2D eigenvalue weighted by Gasteiger charge is -2.15. The van der Waals surface area contributed by atoms with Crippen molar-refractivity contribution >= 4 is 43.7 Å². The summed E-state index contributed by atoms with van der Waals surface area (Å²) in [5, 5.41) is 1.09. The van der Waals surface area contributed by atoms with E-state index in [-0.39, 0.29) is 29.5 Å². The molecule has 7 nitrogen and oxygen atoms in total. The lowest BCUT2D eigenvalue weighted by Crippen LogP contribution is -2.31. The zero-order valence-electron chi connectivity index (χ0n) is 23.6. The summed E-state index contributed by atoms with van der Waals surface area (Å²) in [6.07, 6.45) is 0.761. The van der Waals surface area contributed by atoms with Gasteiger partial charge in [0.2, 0.25) is 0 Å². The highest BCUT2D eigenvalue weighted by Gasteiger charge is 2.24. The monoisotopic (exact) mass is 600 g/mol. The van der Waals surface area contributed by atoms with Crippen molar-refractivity contribution in [3.05, 3.63) is 144 Å². The number of hydrogen-bond donors (Lipinski definition) is 1. The highest BCUT2D eigenvalue weighted by molar-refractivity contribution is 7.90. The number of sulfonamides is 1.